The maximum absolute atomic E-state index is 13.1. The molecule has 0 aromatic heterocycles. The minimum absolute atomic E-state index is 0.0430. The van der Waals surface area contributed by atoms with Crippen LogP contribution in [0.4, 0.5) is 0 Å². The quantitative estimate of drug-likeness (QED) is 0.103. The molecule has 0 saturated carbocycles. The summed E-state index contributed by atoms with van der Waals surface area (Å²) in [6.45, 7) is 12.7. The Morgan fingerprint density at radius 3 is 1.96 bits per heavy atom. The maximum atomic E-state index is 13.1. The number of nitrogens with one attached hydrogen (secondary N) is 1. The molecule has 3 aromatic carbocycles. The van der Waals surface area contributed by atoms with Gasteiger partial charge in [-0.1, -0.05) is 32.9 Å². The highest BCUT2D eigenvalue weighted by Gasteiger charge is 2.29. The van der Waals surface area contributed by atoms with E-state index in [0.29, 0.717) is 88.1 Å². The van der Waals surface area contributed by atoms with Gasteiger partial charge in [-0.25, -0.2) is 0 Å². The third kappa shape index (κ3) is 13.0. The van der Waals surface area contributed by atoms with Crippen molar-refractivity contribution in [1.82, 2.24) is 9.62 Å². The lowest BCUT2D eigenvalue weighted by atomic mass is 9.84. The third-order valence-electron chi connectivity index (χ3n) is 8.60. The highest BCUT2D eigenvalue weighted by atomic mass is 32.2. The number of rotatable bonds is 20. The topological polar surface area (TPSA) is 159 Å². The SMILES string of the molecule is Cc1cc(O)c(OCCOCCOCCOCCOc2ccc(C3CCN([S+]([O-])c4ccc(C(=O)NCC(=O)O)cc4)CC3)cc2)cc1C(C)(C)C. The van der Waals surface area contributed by atoms with Crippen molar-refractivity contribution in [3.8, 4) is 17.2 Å². The lowest BCUT2D eigenvalue weighted by Crippen LogP contribution is -2.37. The van der Waals surface area contributed by atoms with Crippen molar-refractivity contribution in [2.24, 2.45) is 0 Å². The van der Waals surface area contributed by atoms with Crippen LogP contribution in [0.3, 0.4) is 0 Å². The molecule has 13 heteroatoms. The predicted molar refractivity (Wildman–Crippen MR) is 198 cm³/mol. The van der Waals surface area contributed by atoms with Crippen LogP contribution in [0.2, 0.25) is 0 Å². The Morgan fingerprint density at radius 1 is 0.846 bits per heavy atom. The van der Waals surface area contributed by atoms with Gasteiger partial charge in [-0.05, 0) is 96.3 Å². The number of carbonyl (C=O) groups excluding carboxylic acids is 1. The molecule has 0 radical (unpaired) electrons. The molecule has 52 heavy (non-hydrogen) atoms. The minimum Gasteiger partial charge on any atom is -0.593 e. The minimum atomic E-state index is -1.35. The summed E-state index contributed by atoms with van der Waals surface area (Å²) in [5.74, 6) is 0.131. The number of ether oxygens (including phenoxy) is 5. The van der Waals surface area contributed by atoms with Gasteiger partial charge in [0.25, 0.3) is 5.91 Å². The summed E-state index contributed by atoms with van der Waals surface area (Å²) in [7, 11) is 0. The van der Waals surface area contributed by atoms with Gasteiger partial charge in [0.15, 0.2) is 16.4 Å². The van der Waals surface area contributed by atoms with Crippen LogP contribution in [-0.2, 0) is 35.8 Å². The van der Waals surface area contributed by atoms with E-state index in [1.165, 1.54) is 5.56 Å². The largest absolute Gasteiger partial charge is 0.593 e. The average Bonchev–Trinajstić information content (AvgIpc) is 3.12. The van der Waals surface area contributed by atoms with E-state index in [0.717, 1.165) is 29.7 Å². The lowest BCUT2D eigenvalue weighted by Gasteiger charge is -2.31. The molecular formula is C39H52N2O10S. The zero-order chi connectivity index (χ0) is 37.5. The number of aliphatic carboxylic acids is 1. The van der Waals surface area contributed by atoms with E-state index in [1.54, 1.807) is 30.3 Å². The molecule has 12 nitrogen and oxygen atoms in total. The molecular weight excluding hydrogens is 688 g/mol. The summed E-state index contributed by atoms with van der Waals surface area (Å²) in [5, 5.41) is 21.3. The number of phenols is 1. The number of aromatic hydroxyl groups is 1. The molecule has 1 saturated heterocycles. The van der Waals surface area contributed by atoms with Crippen LogP contribution < -0.4 is 14.8 Å². The Bertz CT molecular complexity index is 1560. The van der Waals surface area contributed by atoms with Gasteiger partial charge in [-0.15, -0.1) is 4.31 Å². The van der Waals surface area contributed by atoms with Crippen molar-refractivity contribution in [1.29, 1.82) is 0 Å². The summed E-state index contributed by atoms with van der Waals surface area (Å²) >= 11 is -1.35. The van der Waals surface area contributed by atoms with E-state index in [9.17, 15) is 19.2 Å². The second kappa shape index (κ2) is 20.4. The van der Waals surface area contributed by atoms with Gasteiger partial charge in [-0.2, -0.15) is 0 Å². The molecule has 1 aliphatic rings. The first-order valence-electron chi connectivity index (χ1n) is 17.6. The highest BCUT2D eigenvalue weighted by molar-refractivity contribution is 7.89. The van der Waals surface area contributed by atoms with E-state index in [4.69, 9.17) is 28.8 Å². The Kier molecular flexibility index (Phi) is 16.1. The van der Waals surface area contributed by atoms with Crippen molar-refractivity contribution >= 4 is 23.2 Å². The second-order valence-corrected chi connectivity index (χ2v) is 15.0. The van der Waals surface area contributed by atoms with Crippen molar-refractivity contribution < 1.29 is 48.0 Å². The van der Waals surface area contributed by atoms with Crippen LogP contribution in [0, 0.1) is 6.92 Å². The van der Waals surface area contributed by atoms with Gasteiger partial charge in [0.2, 0.25) is 0 Å². The predicted octanol–water partition coefficient (Wildman–Crippen LogP) is 5.22. The number of carbonyl (C=O) groups is 2. The number of carboxylic acids is 1. The van der Waals surface area contributed by atoms with Gasteiger partial charge in [-0.3, -0.25) is 9.59 Å². The molecule has 1 aliphatic heterocycles. The summed E-state index contributed by atoms with van der Waals surface area (Å²) in [6.07, 6.45) is 1.74. The first-order chi connectivity index (χ1) is 24.9. The van der Waals surface area contributed by atoms with Crippen LogP contribution in [0.15, 0.2) is 65.6 Å². The van der Waals surface area contributed by atoms with E-state index < -0.39 is 29.8 Å². The van der Waals surface area contributed by atoms with Crippen molar-refractivity contribution in [3.63, 3.8) is 0 Å². The second-order valence-electron chi connectivity index (χ2n) is 13.5. The lowest BCUT2D eigenvalue weighted by molar-refractivity contribution is -0.135. The smallest absolute Gasteiger partial charge is 0.322 e. The monoisotopic (exact) mass is 740 g/mol. The Morgan fingerprint density at radius 2 is 1.40 bits per heavy atom. The van der Waals surface area contributed by atoms with Gasteiger partial charge in [0.05, 0.1) is 51.0 Å². The molecule has 3 aromatic rings. The van der Waals surface area contributed by atoms with Crippen molar-refractivity contribution in [3.05, 3.63) is 82.9 Å². The van der Waals surface area contributed by atoms with E-state index >= 15 is 0 Å². The first-order valence-corrected chi connectivity index (χ1v) is 18.7. The zero-order valence-electron chi connectivity index (χ0n) is 30.6. The van der Waals surface area contributed by atoms with E-state index in [-0.39, 0.29) is 11.2 Å². The Hall–Kier alpha value is -3.85. The number of amides is 1. The summed E-state index contributed by atoms with van der Waals surface area (Å²) in [5.41, 5.74) is 3.67. The van der Waals surface area contributed by atoms with Crippen LogP contribution in [-0.4, -0.2) is 103 Å². The first kappa shape index (κ1) is 40.9. The number of hydrogen-bond donors (Lipinski definition) is 3. The highest BCUT2D eigenvalue weighted by Crippen LogP contribution is 2.35. The molecule has 284 valence electrons. The van der Waals surface area contributed by atoms with E-state index in [2.05, 4.69) is 38.2 Å². The number of piperidine rings is 1. The number of aryl methyl sites for hydroxylation is 1. The third-order valence-corrected chi connectivity index (χ3v) is 10.1. The Balaban J connectivity index is 1.01. The van der Waals surface area contributed by atoms with Gasteiger partial charge in [0, 0.05) is 18.7 Å². The van der Waals surface area contributed by atoms with Crippen molar-refractivity contribution in [2.75, 3.05) is 72.5 Å². The fourth-order valence-corrected chi connectivity index (χ4v) is 7.10. The number of nitrogens with zero attached hydrogens (tertiary/aromatic N) is 1. The molecule has 1 atom stereocenters. The summed E-state index contributed by atoms with van der Waals surface area (Å²) < 4.78 is 43.4. The Labute approximate surface area is 309 Å². The maximum Gasteiger partial charge on any atom is 0.322 e. The molecule has 1 unspecified atom stereocenters. The average molecular weight is 741 g/mol. The fourth-order valence-electron chi connectivity index (χ4n) is 5.89. The summed E-state index contributed by atoms with van der Waals surface area (Å²) in [6, 6.07) is 18.2. The van der Waals surface area contributed by atoms with Crippen LogP contribution in [0.5, 0.6) is 17.2 Å². The van der Waals surface area contributed by atoms with E-state index in [1.807, 2.05) is 29.4 Å². The van der Waals surface area contributed by atoms with Crippen molar-refractivity contribution in [2.45, 2.75) is 56.8 Å². The molecule has 3 N–H and O–H groups in total. The van der Waals surface area contributed by atoms with Crippen LogP contribution in [0.25, 0.3) is 0 Å². The molecule has 1 amide bonds. The zero-order valence-corrected chi connectivity index (χ0v) is 31.4. The molecule has 1 fully saturated rings. The fraction of sp³-hybridized carbons (Fsp3) is 0.487. The molecule has 4 rings (SSSR count). The molecule has 0 bridgehead atoms. The number of phenolic OH excluding ortho intramolecular Hbond substituents is 1. The standard InChI is InChI=1S/C39H52N2O10S/c1-28-25-35(42)36(26-34(28)39(2,3)4)51-24-22-49-20-18-47-17-19-48-21-23-50-32-9-5-29(6-10-32)30-13-15-41(16-14-30)52(46)33-11-7-31(8-12-33)38(45)40-27-37(43)44/h5-12,25-26,30,42H,13-24,27H2,1-4H3,(H,40,45)(H,43,44). The summed E-state index contributed by atoms with van der Waals surface area (Å²) in [4.78, 5) is 23.3. The van der Waals surface area contributed by atoms with Gasteiger partial charge < -0.3 is 43.8 Å². The molecule has 1 heterocycles. The van der Waals surface area contributed by atoms with Gasteiger partial charge >= 0.3 is 5.97 Å². The molecule has 0 aliphatic carbocycles. The molecule has 0 spiro atoms. The van der Waals surface area contributed by atoms with Crippen LogP contribution in [0.1, 0.15) is 66.6 Å². The normalized spacial score (nSPS) is 14.6. The number of benzene rings is 3. The number of carboxylic acid groups (broad SMARTS) is 1. The van der Waals surface area contributed by atoms with Crippen LogP contribution >= 0.6 is 0 Å². The van der Waals surface area contributed by atoms with Gasteiger partial charge in [0.1, 0.15) is 25.5 Å². The number of hydrogen-bond acceptors (Lipinski definition) is 10.